The van der Waals surface area contributed by atoms with E-state index in [0.29, 0.717) is 31.2 Å². The number of likely N-dealkylation sites (N-methyl/N-ethyl adjacent to an activating group) is 1. The van der Waals surface area contributed by atoms with Gasteiger partial charge in [0.25, 0.3) is 0 Å². The summed E-state index contributed by atoms with van der Waals surface area (Å²) in [5, 5.41) is 6.22. The van der Waals surface area contributed by atoms with Crippen LogP contribution in [0.5, 0.6) is 11.5 Å². The van der Waals surface area contributed by atoms with Gasteiger partial charge in [0, 0.05) is 24.2 Å². The van der Waals surface area contributed by atoms with Crippen LogP contribution in [0.3, 0.4) is 0 Å². The van der Waals surface area contributed by atoms with Crippen molar-refractivity contribution in [3.63, 3.8) is 0 Å². The van der Waals surface area contributed by atoms with Gasteiger partial charge in [-0.1, -0.05) is 12.1 Å². The Hall–Kier alpha value is -2.80. The molecule has 1 amide bonds. The Morgan fingerprint density at radius 1 is 1.29 bits per heavy atom. The van der Waals surface area contributed by atoms with Gasteiger partial charge in [0.05, 0.1) is 13.3 Å². The Bertz CT molecular complexity index is 906. The lowest BCUT2D eigenvalue weighted by atomic mass is 10.2. The van der Waals surface area contributed by atoms with Crippen LogP contribution in [0.1, 0.15) is 22.9 Å². The summed E-state index contributed by atoms with van der Waals surface area (Å²) in [4.78, 5) is 15.6. The van der Waals surface area contributed by atoms with Crippen molar-refractivity contribution in [1.29, 1.82) is 0 Å². The summed E-state index contributed by atoms with van der Waals surface area (Å²) in [6, 6.07) is 9.84. The standard InChI is InChI=1S/C21H25N3O3S/c1-4-23(21(25)14-24-12-16(2)11-22-24)13-17-7-8-19(20(10-17)26-3)27-15-18-6-5-9-28-18/h5-12H,4,13-15H2,1-3H3. The zero-order valence-corrected chi connectivity index (χ0v) is 17.2. The molecule has 0 atom stereocenters. The highest BCUT2D eigenvalue weighted by molar-refractivity contribution is 7.09. The summed E-state index contributed by atoms with van der Waals surface area (Å²) in [6.07, 6.45) is 3.62. The van der Waals surface area contributed by atoms with Crippen molar-refractivity contribution in [2.45, 2.75) is 33.5 Å². The molecule has 0 N–H and O–H groups in total. The fraction of sp³-hybridized carbons (Fsp3) is 0.333. The first-order valence-electron chi connectivity index (χ1n) is 9.18. The third-order valence-electron chi connectivity index (χ3n) is 4.35. The van der Waals surface area contributed by atoms with Crippen molar-refractivity contribution in [2.24, 2.45) is 0 Å². The number of rotatable bonds is 9. The van der Waals surface area contributed by atoms with Crippen LogP contribution in [-0.4, -0.2) is 34.2 Å². The number of benzene rings is 1. The topological polar surface area (TPSA) is 56.6 Å². The average molecular weight is 400 g/mol. The zero-order valence-electron chi connectivity index (χ0n) is 16.4. The first-order chi connectivity index (χ1) is 13.6. The summed E-state index contributed by atoms with van der Waals surface area (Å²) in [6.45, 7) is 5.81. The molecule has 2 aromatic heterocycles. The number of aryl methyl sites for hydroxylation is 1. The van der Waals surface area contributed by atoms with Crippen LogP contribution >= 0.6 is 11.3 Å². The summed E-state index contributed by atoms with van der Waals surface area (Å²) in [5.41, 5.74) is 2.03. The maximum atomic E-state index is 12.6. The maximum absolute atomic E-state index is 12.6. The summed E-state index contributed by atoms with van der Waals surface area (Å²) in [5.74, 6) is 1.39. The molecule has 0 saturated carbocycles. The van der Waals surface area contributed by atoms with E-state index in [1.165, 1.54) is 0 Å². The van der Waals surface area contributed by atoms with Crippen molar-refractivity contribution in [1.82, 2.24) is 14.7 Å². The lowest BCUT2D eigenvalue weighted by Gasteiger charge is -2.21. The monoisotopic (exact) mass is 399 g/mol. The third-order valence-corrected chi connectivity index (χ3v) is 5.20. The third kappa shape index (κ3) is 5.13. The molecule has 0 radical (unpaired) electrons. The molecular weight excluding hydrogens is 374 g/mol. The molecular formula is C21H25N3O3S. The lowest BCUT2D eigenvalue weighted by molar-refractivity contribution is -0.132. The number of amides is 1. The molecule has 0 spiro atoms. The summed E-state index contributed by atoms with van der Waals surface area (Å²) in [7, 11) is 1.62. The van der Waals surface area contributed by atoms with E-state index in [2.05, 4.69) is 5.10 Å². The van der Waals surface area contributed by atoms with Crippen LogP contribution in [0.2, 0.25) is 0 Å². The quantitative estimate of drug-likeness (QED) is 0.548. The summed E-state index contributed by atoms with van der Waals surface area (Å²) >= 11 is 1.66. The van der Waals surface area contributed by atoms with Crippen LogP contribution in [-0.2, 0) is 24.5 Å². The molecule has 1 aromatic carbocycles. The molecule has 0 unspecified atom stereocenters. The molecule has 0 bridgehead atoms. The molecule has 7 heteroatoms. The van der Waals surface area contributed by atoms with E-state index in [-0.39, 0.29) is 12.5 Å². The molecule has 28 heavy (non-hydrogen) atoms. The van der Waals surface area contributed by atoms with Gasteiger partial charge in [-0.3, -0.25) is 9.48 Å². The van der Waals surface area contributed by atoms with Gasteiger partial charge in [-0.05, 0) is 48.6 Å². The first-order valence-corrected chi connectivity index (χ1v) is 10.1. The van der Waals surface area contributed by atoms with E-state index in [1.807, 2.05) is 55.8 Å². The molecule has 0 saturated heterocycles. The van der Waals surface area contributed by atoms with Crippen LogP contribution < -0.4 is 9.47 Å². The Labute approximate surface area is 169 Å². The van der Waals surface area contributed by atoms with Crippen molar-refractivity contribution < 1.29 is 14.3 Å². The van der Waals surface area contributed by atoms with E-state index in [9.17, 15) is 4.79 Å². The van der Waals surface area contributed by atoms with E-state index in [1.54, 1.807) is 34.2 Å². The Kier molecular flexibility index (Phi) is 6.71. The number of methoxy groups -OCH3 is 1. The second-order valence-electron chi connectivity index (χ2n) is 6.48. The minimum absolute atomic E-state index is 0.0302. The van der Waals surface area contributed by atoms with Gasteiger partial charge >= 0.3 is 0 Å². The number of carbonyl (C=O) groups excluding carboxylic acids is 1. The van der Waals surface area contributed by atoms with Gasteiger partial charge in [-0.15, -0.1) is 11.3 Å². The highest BCUT2D eigenvalue weighted by Crippen LogP contribution is 2.29. The van der Waals surface area contributed by atoms with Gasteiger partial charge in [-0.2, -0.15) is 5.10 Å². The highest BCUT2D eigenvalue weighted by atomic mass is 32.1. The fourth-order valence-corrected chi connectivity index (χ4v) is 3.48. The van der Waals surface area contributed by atoms with Gasteiger partial charge < -0.3 is 14.4 Å². The van der Waals surface area contributed by atoms with Gasteiger partial charge in [0.2, 0.25) is 5.91 Å². The first kappa shape index (κ1) is 19.9. The minimum atomic E-state index is 0.0302. The Morgan fingerprint density at radius 3 is 2.79 bits per heavy atom. The predicted molar refractivity (Wildman–Crippen MR) is 110 cm³/mol. The van der Waals surface area contributed by atoms with Crippen molar-refractivity contribution in [3.05, 3.63) is 64.1 Å². The molecule has 6 nitrogen and oxygen atoms in total. The van der Waals surface area contributed by atoms with Gasteiger partial charge in [0.1, 0.15) is 13.2 Å². The van der Waals surface area contributed by atoms with Crippen LogP contribution in [0.15, 0.2) is 48.1 Å². The molecule has 148 valence electrons. The molecule has 0 aliphatic heterocycles. The molecule has 2 heterocycles. The molecule has 0 aliphatic carbocycles. The summed E-state index contributed by atoms with van der Waals surface area (Å²) < 4.78 is 13.0. The molecule has 3 aromatic rings. The lowest BCUT2D eigenvalue weighted by Crippen LogP contribution is -2.33. The van der Waals surface area contributed by atoms with Crippen LogP contribution in [0.25, 0.3) is 0 Å². The van der Waals surface area contributed by atoms with Gasteiger partial charge in [-0.25, -0.2) is 0 Å². The average Bonchev–Trinajstić information content (AvgIpc) is 3.36. The number of hydrogen-bond acceptors (Lipinski definition) is 5. The van der Waals surface area contributed by atoms with Gasteiger partial charge in [0.15, 0.2) is 11.5 Å². The number of hydrogen-bond donors (Lipinski definition) is 0. The van der Waals surface area contributed by atoms with Crippen LogP contribution in [0.4, 0.5) is 0 Å². The SMILES string of the molecule is CCN(Cc1ccc(OCc2cccs2)c(OC)c1)C(=O)Cn1cc(C)cn1. The van der Waals surface area contributed by atoms with Crippen molar-refractivity contribution in [2.75, 3.05) is 13.7 Å². The molecule has 0 aliphatic rings. The van der Waals surface area contributed by atoms with Crippen molar-refractivity contribution >= 4 is 17.2 Å². The number of carbonyl (C=O) groups is 1. The van der Waals surface area contributed by atoms with Crippen LogP contribution in [0, 0.1) is 6.92 Å². The molecule has 3 rings (SSSR count). The Balaban J connectivity index is 1.65. The smallest absolute Gasteiger partial charge is 0.244 e. The number of thiophene rings is 1. The number of nitrogens with zero attached hydrogens (tertiary/aromatic N) is 3. The van der Waals surface area contributed by atoms with E-state index < -0.39 is 0 Å². The van der Waals surface area contributed by atoms with E-state index >= 15 is 0 Å². The predicted octanol–water partition coefficient (Wildman–Crippen LogP) is 3.89. The second kappa shape index (κ2) is 9.41. The molecule has 0 fully saturated rings. The minimum Gasteiger partial charge on any atom is -0.493 e. The fourth-order valence-electron chi connectivity index (χ4n) is 2.86. The second-order valence-corrected chi connectivity index (χ2v) is 7.51. The number of aromatic nitrogens is 2. The normalized spacial score (nSPS) is 10.7. The van der Waals surface area contributed by atoms with E-state index in [4.69, 9.17) is 9.47 Å². The van der Waals surface area contributed by atoms with E-state index in [0.717, 1.165) is 16.0 Å². The van der Waals surface area contributed by atoms with Crippen molar-refractivity contribution in [3.8, 4) is 11.5 Å². The highest BCUT2D eigenvalue weighted by Gasteiger charge is 2.15. The Morgan fingerprint density at radius 2 is 2.14 bits per heavy atom. The largest absolute Gasteiger partial charge is 0.493 e. The zero-order chi connectivity index (χ0) is 19.9. The number of ether oxygens (including phenoxy) is 2. The maximum Gasteiger partial charge on any atom is 0.244 e.